The number of nitrogens with one attached hydrogen (secondary N) is 1. The summed E-state index contributed by atoms with van der Waals surface area (Å²) in [5.74, 6) is 0.0150. The van der Waals surface area contributed by atoms with Crippen LogP contribution >= 0.6 is 0 Å². The quantitative estimate of drug-likeness (QED) is 0.472. The van der Waals surface area contributed by atoms with Crippen LogP contribution in [0, 0.1) is 0 Å². The summed E-state index contributed by atoms with van der Waals surface area (Å²) in [4.78, 5) is 12.6. The SMILES string of the molecule is CCOC1(Nc2ccccc2N)C=CC(C(=O)c2ccccc2)=CC1. The number of nitrogen functional groups attached to an aromatic ring is 1. The lowest BCUT2D eigenvalue weighted by Gasteiger charge is -2.34. The second-order valence-corrected chi connectivity index (χ2v) is 5.93. The highest BCUT2D eigenvalue weighted by Gasteiger charge is 2.30. The molecule has 0 bridgehead atoms. The molecule has 4 heteroatoms. The molecule has 3 rings (SSSR count). The Kier molecular flexibility index (Phi) is 5.00. The van der Waals surface area contributed by atoms with Crippen LogP contribution in [-0.4, -0.2) is 18.1 Å². The largest absolute Gasteiger partial charge is 0.397 e. The van der Waals surface area contributed by atoms with Gasteiger partial charge in [0.1, 0.15) is 0 Å². The fraction of sp³-hybridized carbons (Fsp3) is 0.190. The van der Waals surface area contributed by atoms with E-state index in [1.54, 1.807) is 0 Å². The van der Waals surface area contributed by atoms with Crippen LogP contribution in [0.5, 0.6) is 0 Å². The van der Waals surface area contributed by atoms with E-state index in [1.807, 2.05) is 79.7 Å². The van der Waals surface area contributed by atoms with Crippen molar-refractivity contribution in [2.24, 2.45) is 0 Å². The van der Waals surface area contributed by atoms with Gasteiger partial charge in [-0.15, -0.1) is 0 Å². The molecule has 128 valence electrons. The number of nitrogens with two attached hydrogens (primary N) is 1. The Hall–Kier alpha value is -2.85. The van der Waals surface area contributed by atoms with Crippen LogP contribution in [0.2, 0.25) is 0 Å². The summed E-state index contributed by atoms with van der Waals surface area (Å²) >= 11 is 0. The normalized spacial score (nSPS) is 19.3. The van der Waals surface area contributed by atoms with Gasteiger partial charge < -0.3 is 15.8 Å². The zero-order chi connectivity index (χ0) is 17.7. The number of allylic oxidation sites excluding steroid dienone is 2. The number of carbonyl (C=O) groups excluding carboxylic acids is 1. The number of para-hydroxylation sites is 2. The highest BCUT2D eigenvalue weighted by atomic mass is 16.5. The van der Waals surface area contributed by atoms with Gasteiger partial charge in [0.2, 0.25) is 0 Å². The van der Waals surface area contributed by atoms with Crippen molar-refractivity contribution >= 4 is 17.2 Å². The number of ether oxygens (including phenoxy) is 1. The van der Waals surface area contributed by atoms with Gasteiger partial charge in [-0.2, -0.15) is 0 Å². The lowest BCUT2D eigenvalue weighted by Crippen LogP contribution is -2.40. The molecule has 0 radical (unpaired) electrons. The predicted molar refractivity (Wildman–Crippen MR) is 101 cm³/mol. The monoisotopic (exact) mass is 334 g/mol. The van der Waals surface area contributed by atoms with E-state index in [-0.39, 0.29) is 5.78 Å². The van der Waals surface area contributed by atoms with Gasteiger partial charge in [0, 0.05) is 24.2 Å². The zero-order valence-electron chi connectivity index (χ0n) is 14.2. The van der Waals surface area contributed by atoms with Crippen LogP contribution in [-0.2, 0) is 4.74 Å². The minimum atomic E-state index is -0.704. The first kappa shape index (κ1) is 17.0. The summed E-state index contributed by atoms with van der Waals surface area (Å²) in [7, 11) is 0. The van der Waals surface area contributed by atoms with Gasteiger partial charge in [-0.3, -0.25) is 4.79 Å². The molecule has 0 aliphatic heterocycles. The van der Waals surface area contributed by atoms with Crippen molar-refractivity contribution in [1.82, 2.24) is 0 Å². The molecule has 3 N–H and O–H groups in total. The Morgan fingerprint density at radius 1 is 1.16 bits per heavy atom. The number of benzene rings is 2. The molecule has 0 aromatic heterocycles. The minimum absolute atomic E-state index is 0.0150. The molecule has 4 nitrogen and oxygen atoms in total. The Labute approximate surface area is 148 Å². The molecule has 2 aromatic carbocycles. The number of carbonyl (C=O) groups is 1. The second-order valence-electron chi connectivity index (χ2n) is 5.93. The maximum absolute atomic E-state index is 12.6. The van der Waals surface area contributed by atoms with Gasteiger partial charge >= 0.3 is 0 Å². The molecule has 0 heterocycles. The van der Waals surface area contributed by atoms with Gasteiger partial charge in [-0.1, -0.05) is 54.6 Å². The van der Waals surface area contributed by atoms with Crippen LogP contribution in [0.4, 0.5) is 11.4 Å². The molecular weight excluding hydrogens is 312 g/mol. The van der Waals surface area contributed by atoms with Gasteiger partial charge in [0.05, 0.1) is 11.4 Å². The maximum atomic E-state index is 12.6. The van der Waals surface area contributed by atoms with Crippen molar-refractivity contribution in [2.45, 2.75) is 19.1 Å². The molecule has 1 atom stereocenters. The molecule has 0 spiro atoms. The summed E-state index contributed by atoms with van der Waals surface area (Å²) in [6, 6.07) is 16.8. The third-order valence-electron chi connectivity index (χ3n) is 4.16. The third kappa shape index (κ3) is 3.80. The Bertz CT molecular complexity index is 812. The van der Waals surface area contributed by atoms with E-state index in [9.17, 15) is 4.79 Å². The number of ketones is 1. The smallest absolute Gasteiger partial charge is 0.192 e. The van der Waals surface area contributed by atoms with Crippen molar-refractivity contribution in [1.29, 1.82) is 0 Å². The van der Waals surface area contributed by atoms with Crippen molar-refractivity contribution in [3.63, 3.8) is 0 Å². The Morgan fingerprint density at radius 3 is 2.52 bits per heavy atom. The summed E-state index contributed by atoms with van der Waals surface area (Å²) in [6.07, 6.45) is 6.18. The number of hydrogen-bond donors (Lipinski definition) is 2. The number of hydrogen-bond acceptors (Lipinski definition) is 4. The standard InChI is InChI=1S/C21H22N2O2/c1-2-25-21(23-19-11-7-6-10-18(19)22)14-12-17(13-15-21)20(24)16-8-4-3-5-9-16/h3-14,23H,2,15,22H2,1H3. The molecule has 1 unspecified atom stereocenters. The lowest BCUT2D eigenvalue weighted by atomic mass is 9.93. The number of rotatable bonds is 6. The molecular formula is C21H22N2O2. The van der Waals surface area contributed by atoms with E-state index in [0.29, 0.717) is 29.9 Å². The maximum Gasteiger partial charge on any atom is 0.192 e. The Morgan fingerprint density at radius 2 is 1.88 bits per heavy atom. The zero-order valence-corrected chi connectivity index (χ0v) is 14.2. The number of anilines is 2. The van der Waals surface area contributed by atoms with E-state index >= 15 is 0 Å². The van der Waals surface area contributed by atoms with E-state index < -0.39 is 5.72 Å². The van der Waals surface area contributed by atoms with E-state index in [2.05, 4.69) is 5.32 Å². The van der Waals surface area contributed by atoms with Gasteiger partial charge in [0.25, 0.3) is 0 Å². The van der Waals surface area contributed by atoms with E-state index in [4.69, 9.17) is 10.5 Å². The summed E-state index contributed by atoms with van der Waals surface area (Å²) in [5, 5.41) is 3.37. The Balaban J connectivity index is 1.81. The summed E-state index contributed by atoms with van der Waals surface area (Å²) in [5.41, 5.74) is 8.15. The van der Waals surface area contributed by atoms with Crippen molar-refractivity contribution in [3.8, 4) is 0 Å². The van der Waals surface area contributed by atoms with Crippen molar-refractivity contribution in [3.05, 3.63) is 84.0 Å². The highest BCUT2D eigenvalue weighted by Crippen LogP contribution is 2.30. The first-order valence-electron chi connectivity index (χ1n) is 8.39. The van der Waals surface area contributed by atoms with Crippen LogP contribution in [0.3, 0.4) is 0 Å². The molecule has 0 amide bonds. The first-order valence-corrected chi connectivity index (χ1v) is 8.39. The molecule has 25 heavy (non-hydrogen) atoms. The topological polar surface area (TPSA) is 64.3 Å². The molecule has 0 fully saturated rings. The fourth-order valence-electron chi connectivity index (χ4n) is 2.88. The van der Waals surface area contributed by atoms with Crippen LogP contribution in [0.1, 0.15) is 23.7 Å². The third-order valence-corrected chi connectivity index (χ3v) is 4.16. The summed E-state index contributed by atoms with van der Waals surface area (Å²) < 4.78 is 5.95. The number of Topliss-reactive ketones (excluding diaryl/α,β-unsaturated/α-hetero) is 1. The van der Waals surface area contributed by atoms with Crippen LogP contribution < -0.4 is 11.1 Å². The average molecular weight is 334 g/mol. The van der Waals surface area contributed by atoms with E-state index in [1.165, 1.54) is 0 Å². The molecule has 0 saturated carbocycles. The molecule has 0 saturated heterocycles. The first-order chi connectivity index (χ1) is 12.1. The average Bonchev–Trinajstić information content (AvgIpc) is 2.65. The predicted octanol–water partition coefficient (Wildman–Crippen LogP) is 4.18. The highest BCUT2D eigenvalue weighted by molar-refractivity contribution is 6.10. The van der Waals surface area contributed by atoms with E-state index in [0.717, 1.165) is 5.69 Å². The van der Waals surface area contributed by atoms with Gasteiger partial charge in [-0.25, -0.2) is 0 Å². The minimum Gasteiger partial charge on any atom is -0.397 e. The fourth-order valence-corrected chi connectivity index (χ4v) is 2.88. The summed E-state index contributed by atoms with van der Waals surface area (Å²) in [6.45, 7) is 2.49. The van der Waals surface area contributed by atoms with Crippen LogP contribution in [0.15, 0.2) is 78.4 Å². The molecule has 1 aliphatic carbocycles. The van der Waals surface area contributed by atoms with Gasteiger partial charge in [0.15, 0.2) is 11.5 Å². The molecule has 2 aromatic rings. The van der Waals surface area contributed by atoms with Crippen LogP contribution in [0.25, 0.3) is 0 Å². The van der Waals surface area contributed by atoms with Crippen molar-refractivity contribution in [2.75, 3.05) is 17.7 Å². The van der Waals surface area contributed by atoms with Crippen molar-refractivity contribution < 1.29 is 9.53 Å². The lowest BCUT2D eigenvalue weighted by molar-refractivity contribution is 0.0224. The molecule has 1 aliphatic rings. The second kappa shape index (κ2) is 7.36. The van der Waals surface area contributed by atoms with Gasteiger partial charge in [-0.05, 0) is 25.1 Å².